The number of hydrogen-bond acceptors (Lipinski definition) is 17. The number of alkyl halides is 1. The summed E-state index contributed by atoms with van der Waals surface area (Å²) in [6.07, 6.45) is 0. The number of rotatable bonds is 15. The smallest absolute Gasteiger partial charge is 0.870 e. The minimum absolute atomic E-state index is 0. The molecule has 0 aliphatic heterocycles. The number of methoxy groups -OCH3 is 2. The maximum atomic E-state index is 13.4. The van der Waals surface area contributed by atoms with Crippen molar-refractivity contribution in [2.45, 2.75) is 51.9 Å². The van der Waals surface area contributed by atoms with E-state index in [9.17, 15) is 28.0 Å². The second-order valence-corrected chi connectivity index (χ2v) is 27.1. The zero-order valence-corrected chi connectivity index (χ0v) is 70.4. The predicted octanol–water partition coefficient (Wildman–Crippen LogP) is 16.0. The van der Waals surface area contributed by atoms with Crippen LogP contribution in [0, 0.1) is 42.4 Å². The van der Waals surface area contributed by atoms with Crippen LogP contribution in [0.5, 0.6) is 0 Å². The number of aromatic amines is 5. The number of amides is 1. The Morgan fingerprint density at radius 2 is 0.880 bits per heavy atom. The van der Waals surface area contributed by atoms with Crippen LogP contribution in [0.4, 0.5) is 31.5 Å². The van der Waals surface area contributed by atoms with Crippen molar-refractivity contribution in [1.29, 1.82) is 0 Å². The Hall–Kier alpha value is -7.68. The largest absolute Gasteiger partial charge is 1.00 e. The van der Waals surface area contributed by atoms with E-state index in [4.69, 9.17) is 57.7 Å². The minimum atomic E-state index is -0.905. The zero-order chi connectivity index (χ0) is 74.4. The van der Waals surface area contributed by atoms with Gasteiger partial charge in [-0.25, -0.2) is 28.1 Å². The molecule has 4 heterocycles. The first-order valence-electron chi connectivity index (χ1n) is 31.2. The minimum Gasteiger partial charge on any atom is -0.870 e. The number of H-pyrrole nitrogens is 5. The number of benzene rings is 10. The fraction of sp³-hybridized carbons (Fsp3) is 0.105. The average Bonchev–Trinajstić information content (AvgIpc) is 1.68. The third kappa shape index (κ3) is 27.1. The third-order valence-electron chi connectivity index (χ3n) is 14.8. The number of ether oxygens (including phenoxy) is 2. The Balaban J connectivity index is 0.000000240. The molecule has 1 amide bonds. The second kappa shape index (κ2) is 44.8. The van der Waals surface area contributed by atoms with E-state index in [1.165, 1.54) is 50.2 Å². The molecule has 14 aromatic rings. The molecule has 546 valence electrons. The van der Waals surface area contributed by atoms with Gasteiger partial charge in [-0.15, -0.1) is 24.3 Å². The number of aromatic carboxylic acids is 1. The summed E-state index contributed by atoms with van der Waals surface area (Å²) in [7, 11) is 2.73. The summed E-state index contributed by atoms with van der Waals surface area (Å²) >= 11 is 24.1. The summed E-state index contributed by atoms with van der Waals surface area (Å²) in [5.41, 5.74) is 34.0. The number of aromatic nitrogens is 8. The molecular weight excluding hydrogens is 1710 g/mol. The fourth-order valence-electron chi connectivity index (χ4n) is 9.26. The molecule has 0 fully saturated rings. The van der Waals surface area contributed by atoms with Gasteiger partial charge in [-0.05, 0) is 141 Å². The number of nitrogen functional groups attached to an aromatic ring is 3. The summed E-state index contributed by atoms with van der Waals surface area (Å²) < 4.78 is 36.0. The summed E-state index contributed by atoms with van der Waals surface area (Å²) in [5, 5.41) is 15.0. The van der Waals surface area contributed by atoms with Gasteiger partial charge >= 0.3 is 36.8 Å². The number of hydrogen-bond donors (Lipinski definition) is 10. The van der Waals surface area contributed by atoms with Crippen LogP contribution >= 0.6 is 86.6 Å². The quantitative estimate of drug-likeness (QED) is 0.00867. The van der Waals surface area contributed by atoms with Gasteiger partial charge in [0.1, 0.15) is 11.6 Å². The van der Waals surface area contributed by atoms with Crippen molar-refractivity contribution < 1.29 is 132 Å². The predicted molar refractivity (Wildman–Crippen MR) is 422 cm³/mol. The molecule has 2 radical (unpaired) electrons. The number of carbonyl (C=O) groups is 4. The molecule has 20 nitrogen and oxygen atoms in total. The second-order valence-electron chi connectivity index (χ2n) is 22.4. The summed E-state index contributed by atoms with van der Waals surface area (Å²) in [5.74, 6) is -0.501. The van der Waals surface area contributed by atoms with Crippen molar-refractivity contribution in [3.8, 4) is 0 Å². The van der Waals surface area contributed by atoms with E-state index in [1.54, 1.807) is 84.2 Å². The number of thioether (sulfide) groups is 3. The topological polar surface area (TPSA) is 345 Å². The molecule has 0 saturated carbocycles. The number of para-hydroxylation sites is 4. The van der Waals surface area contributed by atoms with Crippen molar-refractivity contribution in [2.24, 2.45) is 0 Å². The third-order valence-corrected chi connectivity index (χ3v) is 19.1. The molecule has 108 heavy (non-hydrogen) atoms. The molecular formula is C76H66BrCl2F2LiN12O8S4Y2-2. The molecule has 0 spiro atoms. The Kier molecular flexibility index (Phi) is 37.8. The summed E-state index contributed by atoms with van der Waals surface area (Å²) in [6, 6.07) is 63.1. The molecule has 4 aromatic heterocycles. The first-order valence-corrected chi connectivity index (χ1v) is 36.4. The first kappa shape index (κ1) is 90.9. The summed E-state index contributed by atoms with van der Waals surface area (Å²) in [4.78, 5) is 74.3. The number of anilines is 4. The monoisotopic (exact) mass is 1770 g/mol. The van der Waals surface area contributed by atoms with Gasteiger partial charge in [-0.3, -0.25) is 14.8 Å². The molecule has 0 saturated heterocycles. The standard InChI is InChI=1S/C22H19N4OS.C16H12ClFN2O2S.C16H13N2O2S.C9H9BrO2.C7H4ClFN2S.C6H8N2.Li.H2O.2Y/c1-14-6-11-19-20(12-14)26-22(25-19)28-13-15-7-9-16(10-8-15)21(27)24-18-5-3-2-4-17(18)23;1-22-15(21)10-4-2-9(3-5-10)8-23-16-19-13-6-11(17)12(18)7-14(13)20-16;1-10-2-7-13-14(8-10)18-16(17-13)21-9-11-3-5-12(6-4-11)15(19)20;1-12-9(11)8-4-2-7(6-10)3-5-8;8-3-1-5-6(2-4(3)9)11-7(12)10-5;7-5-3-1-2-4-6(5)8;;;;/h2-5,7-12H,13,23H2,1H3,(H,24,27)(H,25,26);2-7H,8H2,1H3,(H,19,20);3-8H,9H2,1H3,(H,17,18)(H,19,20);2-5H,6H2,1H3;1-2H,(H2,10,11,12);1-4H,7-8H2;;1H2;;/q-1;;-1;;;;+1;;;/p-1. The molecule has 0 bridgehead atoms. The van der Waals surface area contributed by atoms with E-state index in [1.807, 2.05) is 123 Å². The number of nitrogens with two attached hydrogens (primary N) is 3. The van der Waals surface area contributed by atoms with Crippen molar-refractivity contribution >= 4 is 177 Å². The molecule has 32 heteroatoms. The number of halogens is 5. The van der Waals surface area contributed by atoms with Gasteiger partial charge in [0.05, 0.1) is 85.8 Å². The van der Waals surface area contributed by atoms with Crippen molar-refractivity contribution in [3.05, 3.63) is 288 Å². The Morgan fingerprint density at radius 3 is 1.29 bits per heavy atom. The number of carbonyl (C=O) groups excluding carboxylic acids is 3. The van der Waals surface area contributed by atoms with E-state index in [-0.39, 0.29) is 118 Å². The number of aryl methyl sites for hydroxylation is 2. The van der Waals surface area contributed by atoms with Crippen LogP contribution < -0.4 is 41.4 Å². The average molecular weight is 1780 g/mol. The van der Waals surface area contributed by atoms with E-state index in [0.717, 1.165) is 82.6 Å². The van der Waals surface area contributed by atoms with Gasteiger partial charge in [-0.1, -0.05) is 161 Å². The van der Waals surface area contributed by atoms with Gasteiger partial charge in [-0.2, -0.15) is 23.3 Å². The van der Waals surface area contributed by atoms with E-state index >= 15 is 0 Å². The van der Waals surface area contributed by atoms with Crippen LogP contribution in [0.3, 0.4) is 0 Å². The Morgan fingerprint density at radius 1 is 0.519 bits per heavy atom. The van der Waals surface area contributed by atoms with E-state index < -0.39 is 17.6 Å². The van der Waals surface area contributed by atoms with Gasteiger partial charge in [0.2, 0.25) is 0 Å². The van der Waals surface area contributed by atoms with Crippen molar-refractivity contribution in [3.63, 3.8) is 0 Å². The molecule has 0 aliphatic rings. The van der Waals surface area contributed by atoms with E-state index in [0.29, 0.717) is 82.8 Å². The van der Waals surface area contributed by atoms with Crippen molar-refractivity contribution in [1.82, 2.24) is 39.9 Å². The maximum absolute atomic E-state index is 13.4. The number of carboxylic acids is 1. The summed E-state index contributed by atoms with van der Waals surface area (Å²) in [6.45, 7) is 4.01. The fourth-order valence-corrected chi connectivity index (χ4v) is 12.7. The number of esters is 2. The maximum Gasteiger partial charge on any atom is 1.00 e. The molecule has 14 rings (SSSR count). The van der Waals surface area contributed by atoms with Crippen LogP contribution in [0.25, 0.3) is 44.1 Å². The number of nitrogens with one attached hydrogen (secondary N) is 6. The van der Waals surface area contributed by atoms with Crippen molar-refractivity contribution in [2.75, 3.05) is 36.7 Å². The van der Waals surface area contributed by atoms with Crippen LogP contribution in [-0.2, 0) is 97.5 Å². The normalized spacial score (nSPS) is 10.2. The zero-order valence-electron chi connectivity index (χ0n) is 58.4. The molecule has 14 N–H and O–H groups in total. The number of imidazole rings is 4. The SMILES string of the molecule is COC(=O)c1ccc(CBr)cc1.COC(=O)c1ccc(CSc2nc3cc(Cl)c(F)cc3[nH]2)cc1.Cc1[c-]cc2nc(SCc3ccc(C(=O)Nc4ccccc4N)cc3)[nH]c2c1.Cc1[c-]cc2nc(SCc3ccc(C(=O)O)cc3)[nH]c2c1.Fc1cc2[nH]c(=S)[nH]c2cc1Cl.Nc1ccccc1N.[Li+].[OH-].[Y].[Y]. The van der Waals surface area contributed by atoms with Crippen LogP contribution in [0.2, 0.25) is 10.0 Å². The Labute approximate surface area is 718 Å². The Bertz CT molecular complexity index is 5280. The van der Waals surface area contributed by atoms with Crippen LogP contribution in [-0.4, -0.2) is 88.5 Å². The molecule has 0 atom stereocenters. The molecule has 10 aromatic carbocycles. The van der Waals surface area contributed by atoms with Gasteiger partial charge in [0, 0.05) is 106 Å². The van der Waals surface area contributed by atoms with Crippen LogP contribution in [0.1, 0.15) is 74.8 Å². The number of nitrogens with zero attached hydrogens (tertiary/aromatic N) is 3. The number of carboxylic acid groups (broad SMARTS) is 1. The molecule has 0 unspecified atom stereocenters. The van der Waals surface area contributed by atoms with Gasteiger partial charge in [0.15, 0.2) is 20.2 Å². The van der Waals surface area contributed by atoms with Gasteiger partial charge < -0.3 is 67.5 Å². The first-order chi connectivity index (χ1) is 50.0. The number of fused-ring (bicyclic) bond motifs is 4. The van der Waals surface area contributed by atoms with E-state index in [2.05, 4.69) is 82.7 Å². The van der Waals surface area contributed by atoms with Crippen LogP contribution in [0.15, 0.2) is 210 Å². The molecule has 0 aliphatic carbocycles. The van der Waals surface area contributed by atoms with Gasteiger partial charge in [0.25, 0.3) is 5.91 Å².